The van der Waals surface area contributed by atoms with Crippen LogP contribution in [0.3, 0.4) is 0 Å². The second-order valence-electron chi connectivity index (χ2n) is 3.01. The Labute approximate surface area is 95.0 Å². The van der Waals surface area contributed by atoms with E-state index >= 15 is 0 Å². The van der Waals surface area contributed by atoms with Crippen molar-refractivity contribution < 1.29 is 22.0 Å². The molecule has 0 atom stereocenters. The van der Waals surface area contributed by atoms with Crippen LogP contribution in [0.25, 0.3) is 5.78 Å². The molecule has 2 rings (SSSR count). The lowest BCUT2D eigenvalue weighted by Crippen LogP contribution is -2.34. The molecule has 0 saturated heterocycles. The number of nitrogens with zero attached hydrogens (tertiary/aromatic N) is 4. The molecule has 17 heavy (non-hydrogen) atoms. The predicted octanol–water partition coefficient (Wildman–Crippen LogP) is 2.43. The van der Waals surface area contributed by atoms with Gasteiger partial charge in [0, 0.05) is 6.07 Å². The molecule has 0 aromatic carbocycles. The second-order valence-corrected chi connectivity index (χ2v) is 3.40. The highest BCUT2D eigenvalue weighted by Gasteiger charge is 2.60. The zero-order valence-electron chi connectivity index (χ0n) is 7.71. The third kappa shape index (κ3) is 1.79. The molecule has 0 fully saturated rings. The van der Waals surface area contributed by atoms with E-state index < -0.39 is 28.7 Å². The summed E-state index contributed by atoms with van der Waals surface area (Å²) in [4.78, 5) is 6.46. The van der Waals surface area contributed by atoms with Gasteiger partial charge in [0.15, 0.2) is 0 Å². The van der Waals surface area contributed by atoms with E-state index in [1.54, 1.807) is 0 Å². The van der Waals surface area contributed by atoms with Gasteiger partial charge in [-0.25, -0.2) is 4.98 Å². The van der Waals surface area contributed by atoms with Gasteiger partial charge in [-0.2, -0.15) is 36.6 Å². The second kappa shape index (κ2) is 3.49. The lowest BCUT2D eigenvalue weighted by atomic mass is 10.2. The Morgan fingerprint density at radius 1 is 1.18 bits per heavy atom. The molecule has 0 unspecified atom stereocenters. The summed E-state index contributed by atoms with van der Waals surface area (Å²) in [5.41, 5.74) is -1.52. The monoisotopic (exact) mass is 272 g/mol. The van der Waals surface area contributed by atoms with Crippen molar-refractivity contribution in [3.05, 3.63) is 23.2 Å². The molecule has 2 heterocycles. The van der Waals surface area contributed by atoms with Crippen LogP contribution in [-0.2, 0) is 5.92 Å². The van der Waals surface area contributed by atoms with Crippen LogP contribution >= 0.6 is 11.6 Å². The summed E-state index contributed by atoms with van der Waals surface area (Å²) in [5, 5.41) is 3.05. The first-order valence-corrected chi connectivity index (χ1v) is 4.42. The number of rotatable bonds is 1. The number of fused-ring (bicyclic) bond motifs is 1. The molecule has 0 aliphatic carbocycles. The van der Waals surface area contributed by atoms with Gasteiger partial charge >= 0.3 is 12.1 Å². The average Bonchev–Trinajstić information content (AvgIpc) is 2.64. The van der Waals surface area contributed by atoms with Gasteiger partial charge in [-0.15, -0.1) is 0 Å². The molecule has 0 saturated carbocycles. The van der Waals surface area contributed by atoms with Crippen LogP contribution in [0.4, 0.5) is 22.0 Å². The Morgan fingerprint density at radius 3 is 2.41 bits per heavy atom. The van der Waals surface area contributed by atoms with Gasteiger partial charge in [0.25, 0.3) is 5.78 Å². The first-order valence-electron chi connectivity index (χ1n) is 4.05. The van der Waals surface area contributed by atoms with Crippen LogP contribution in [0.5, 0.6) is 0 Å². The minimum atomic E-state index is -5.75. The number of hydrogen-bond donors (Lipinski definition) is 0. The molecule has 0 spiro atoms. The SMILES string of the molecule is FC(F)(F)C(F)(F)c1cc(Cl)n2ncnc2n1. The van der Waals surface area contributed by atoms with Gasteiger partial charge in [-0.1, -0.05) is 11.6 Å². The normalized spacial score (nSPS) is 13.3. The molecule has 0 aliphatic rings. The third-order valence-electron chi connectivity index (χ3n) is 1.89. The predicted molar refractivity (Wildman–Crippen MR) is 45.7 cm³/mol. The quantitative estimate of drug-likeness (QED) is 0.591. The zero-order valence-corrected chi connectivity index (χ0v) is 8.47. The van der Waals surface area contributed by atoms with Crippen LogP contribution in [0.2, 0.25) is 5.15 Å². The van der Waals surface area contributed by atoms with E-state index in [2.05, 4.69) is 15.1 Å². The van der Waals surface area contributed by atoms with Gasteiger partial charge in [0.2, 0.25) is 0 Å². The number of hydrogen-bond acceptors (Lipinski definition) is 3. The maximum Gasteiger partial charge on any atom is 0.459 e. The van der Waals surface area contributed by atoms with Crippen molar-refractivity contribution in [3.63, 3.8) is 0 Å². The van der Waals surface area contributed by atoms with Gasteiger partial charge < -0.3 is 0 Å². The van der Waals surface area contributed by atoms with E-state index in [1.165, 1.54) is 0 Å². The Balaban J connectivity index is 2.64. The average molecular weight is 273 g/mol. The van der Waals surface area contributed by atoms with Crippen LogP contribution in [0.15, 0.2) is 12.4 Å². The molecule has 0 aliphatic heterocycles. The van der Waals surface area contributed by atoms with Gasteiger partial charge in [0.1, 0.15) is 17.2 Å². The summed E-state index contributed by atoms with van der Waals surface area (Å²) in [6.07, 6.45) is -4.81. The zero-order chi connectivity index (χ0) is 12.8. The van der Waals surface area contributed by atoms with Crippen LogP contribution in [0, 0.1) is 0 Å². The van der Waals surface area contributed by atoms with E-state index in [9.17, 15) is 22.0 Å². The maximum atomic E-state index is 13.0. The molecule has 0 N–H and O–H groups in total. The maximum absolute atomic E-state index is 13.0. The fourth-order valence-corrected chi connectivity index (χ4v) is 1.30. The van der Waals surface area contributed by atoms with Gasteiger partial charge in [-0.3, -0.25) is 0 Å². The van der Waals surface area contributed by atoms with Crippen LogP contribution < -0.4 is 0 Å². The molecule has 0 radical (unpaired) electrons. The molecule has 92 valence electrons. The Morgan fingerprint density at radius 2 is 1.82 bits per heavy atom. The topological polar surface area (TPSA) is 43.1 Å². The standard InChI is InChI=1S/C7H2ClF5N4/c8-4-1-3(6(9,10)7(11,12)13)16-5-14-2-15-17(4)5/h1-2H. The lowest BCUT2D eigenvalue weighted by molar-refractivity contribution is -0.290. The van der Waals surface area contributed by atoms with Gasteiger partial charge in [-0.05, 0) is 0 Å². The molecule has 0 bridgehead atoms. The molecular formula is C7H2ClF5N4. The van der Waals surface area contributed by atoms with E-state index in [4.69, 9.17) is 11.6 Å². The smallest absolute Gasteiger partial charge is 0.209 e. The van der Waals surface area contributed by atoms with E-state index in [0.29, 0.717) is 6.07 Å². The summed E-state index contributed by atoms with van der Waals surface area (Å²) in [6.45, 7) is 0. The fourth-order valence-electron chi connectivity index (χ4n) is 1.08. The third-order valence-corrected chi connectivity index (χ3v) is 2.16. The van der Waals surface area contributed by atoms with Crippen LogP contribution in [-0.4, -0.2) is 25.8 Å². The summed E-state index contributed by atoms with van der Waals surface area (Å²) < 4.78 is 63.1. The van der Waals surface area contributed by atoms with Crippen molar-refractivity contribution in [2.24, 2.45) is 0 Å². The summed E-state index contributed by atoms with van der Waals surface area (Å²) in [7, 11) is 0. The highest BCUT2D eigenvalue weighted by atomic mass is 35.5. The highest BCUT2D eigenvalue weighted by Crippen LogP contribution is 2.43. The van der Waals surface area contributed by atoms with Gasteiger partial charge in [0.05, 0.1) is 0 Å². The minimum Gasteiger partial charge on any atom is -0.209 e. The van der Waals surface area contributed by atoms with E-state index in [0.717, 1.165) is 10.8 Å². The lowest BCUT2D eigenvalue weighted by Gasteiger charge is -2.18. The minimum absolute atomic E-state index is 0.400. The Hall–Kier alpha value is -1.51. The summed E-state index contributed by atoms with van der Waals surface area (Å²) >= 11 is 5.48. The molecule has 10 heteroatoms. The van der Waals surface area contributed by atoms with Crippen molar-refractivity contribution in [3.8, 4) is 0 Å². The van der Waals surface area contributed by atoms with E-state index in [1.807, 2.05) is 0 Å². The summed E-state index contributed by atoms with van der Waals surface area (Å²) in [6, 6.07) is 0.400. The fraction of sp³-hybridized carbons (Fsp3) is 0.286. The number of aromatic nitrogens is 4. The largest absolute Gasteiger partial charge is 0.459 e. The highest BCUT2D eigenvalue weighted by molar-refractivity contribution is 6.29. The van der Waals surface area contributed by atoms with Crippen molar-refractivity contribution in [1.29, 1.82) is 0 Å². The number of alkyl halides is 5. The Bertz CT molecular complexity index is 563. The Kier molecular flexibility index (Phi) is 2.45. The molecular weight excluding hydrogens is 271 g/mol. The number of halogens is 6. The first-order chi connectivity index (χ1) is 7.73. The molecule has 0 amide bonds. The van der Waals surface area contributed by atoms with Crippen molar-refractivity contribution in [2.45, 2.75) is 12.1 Å². The van der Waals surface area contributed by atoms with Crippen LogP contribution in [0.1, 0.15) is 5.69 Å². The van der Waals surface area contributed by atoms with Crippen molar-refractivity contribution >= 4 is 17.4 Å². The van der Waals surface area contributed by atoms with Crippen molar-refractivity contribution in [2.75, 3.05) is 0 Å². The molecule has 2 aromatic rings. The first kappa shape index (κ1) is 12.0. The van der Waals surface area contributed by atoms with E-state index in [-0.39, 0.29) is 0 Å². The molecule has 4 nitrogen and oxygen atoms in total. The summed E-state index contributed by atoms with van der Waals surface area (Å²) in [5.74, 6) is -5.53. The van der Waals surface area contributed by atoms with Crippen molar-refractivity contribution in [1.82, 2.24) is 19.6 Å². The molecule has 2 aromatic heterocycles.